The number of carboxylic acids is 1. The summed E-state index contributed by atoms with van der Waals surface area (Å²) in [6.07, 6.45) is -0.305. The van der Waals surface area contributed by atoms with E-state index in [1.54, 1.807) is 11.0 Å². The van der Waals surface area contributed by atoms with Crippen molar-refractivity contribution in [3.05, 3.63) is 27.7 Å². The summed E-state index contributed by atoms with van der Waals surface area (Å²) in [4.78, 5) is 24.4. The molecule has 21 heavy (non-hydrogen) atoms. The summed E-state index contributed by atoms with van der Waals surface area (Å²) < 4.78 is 0. The maximum absolute atomic E-state index is 11.8. The number of phenols is 1. The molecule has 1 aliphatic heterocycles. The van der Waals surface area contributed by atoms with Gasteiger partial charge in [0, 0.05) is 30.2 Å². The number of phenolic OH excluding ortho intramolecular Hbond substituents is 1. The van der Waals surface area contributed by atoms with Gasteiger partial charge in [-0.3, -0.25) is 14.5 Å². The zero-order chi connectivity index (χ0) is 15.6. The second-order valence-corrected chi connectivity index (χ2v) is 5.61. The Morgan fingerprint density at radius 3 is 2.81 bits per heavy atom. The SMILES string of the molecule is O=C(O)CC1C(=O)NCCN1Cc1cc(Cl)cc(Cl)c1O. The van der Waals surface area contributed by atoms with Crippen molar-refractivity contribution in [2.75, 3.05) is 13.1 Å². The molecule has 1 aromatic carbocycles. The van der Waals surface area contributed by atoms with Crippen molar-refractivity contribution in [3.8, 4) is 5.75 Å². The molecule has 1 unspecified atom stereocenters. The number of hydrogen-bond donors (Lipinski definition) is 3. The monoisotopic (exact) mass is 332 g/mol. The fourth-order valence-corrected chi connectivity index (χ4v) is 2.83. The minimum atomic E-state index is -1.06. The summed E-state index contributed by atoms with van der Waals surface area (Å²) in [6.45, 7) is 1.09. The van der Waals surface area contributed by atoms with Crippen molar-refractivity contribution >= 4 is 35.1 Å². The van der Waals surface area contributed by atoms with Crippen LogP contribution in [0.4, 0.5) is 0 Å². The third-order valence-corrected chi connectivity index (χ3v) is 3.80. The molecule has 6 nitrogen and oxygen atoms in total. The predicted octanol–water partition coefficient (Wildman–Crippen LogP) is 1.47. The van der Waals surface area contributed by atoms with Gasteiger partial charge in [-0.1, -0.05) is 23.2 Å². The highest BCUT2D eigenvalue weighted by Crippen LogP contribution is 2.32. The van der Waals surface area contributed by atoms with Crippen molar-refractivity contribution in [1.29, 1.82) is 0 Å². The molecule has 2 rings (SSSR count). The molecule has 1 atom stereocenters. The summed E-state index contributed by atoms with van der Waals surface area (Å²) in [5.74, 6) is -1.51. The smallest absolute Gasteiger partial charge is 0.305 e. The maximum Gasteiger partial charge on any atom is 0.305 e. The lowest BCUT2D eigenvalue weighted by atomic mass is 10.1. The van der Waals surface area contributed by atoms with E-state index in [9.17, 15) is 14.7 Å². The Bertz CT molecular complexity index is 580. The molecule has 0 aliphatic carbocycles. The Hall–Kier alpha value is -1.50. The van der Waals surface area contributed by atoms with E-state index in [-0.39, 0.29) is 29.6 Å². The van der Waals surface area contributed by atoms with Crippen molar-refractivity contribution in [3.63, 3.8) is 0 Å². The highest BCUT2D eigenvalue weighted by Gasteiger charge is 2.32. The van der Waals surface area contributed by atoms with Gasteiger partial charge in [-0.05, 0) is 12.1 Å². The molecule has 0 spiro atoms. The first-order valence-electron chi connectivity index (χ1n) is 6.29. The number of carbonyl (C=O) groups is 2. The average Bonchev–Trinajstić information content (AvgIpc) is 2.39. The van der Waals surface area contributed by atoms with Gasteiger partial charge in [0.25, 0.3) is 0 Å². The van der Waals surface area contributed by atoms with Gasteiger partial charge in [0.15, 0.2) is 0 Å². The van der Waals surface area contributed by atoms with Crippen LogP contribution in [0, 0.1) is 0 Å². The molecule has 0 bridgehead atoms. The van der Waals surface area contributed by atoms with Crippen LogP contribution in [0.25, 0.3) is 0 Å². The Morgan fingerprint density at radius 2 is 2.14 bits per heavy atom. The number of carboxylic acid groups (broad SMARTS) is 1. The number of aliphatic carboxylic acids is 1. The molecule has 0 radical (unpaired) electrons. The quantitative estimate of drug-likeness (QED) is 0.776. The number of rotatable bonds is 4. The van der Waals surface area contributed by atoms with Gasteiger partial charge in [0.1, 0.15) is 11.8 Å². The van der Waals surface area contributed by atoms with Crippen LogP contribution in [-0.2, 0) is 16.1 Å². The van der Waals surface area contributed by atoms with Crippen molar-refractivity contribution in [1.82, 2.24) is 10.2 Å². The number of nitrogens with zero attached hydrogens (tertiary/aromatic N) is 1. The first-order chi connectivity index (χ1) is 9.88. The summed E-state index contributed by atoms with van der Waals surface area (Å²) in [5.41, 5.74) is 0.456. The van der Waals surface area contributed by atoms with Crippen LogP contribution in [0.2, 0.25) is 10.0 Å². The summed E-state index contributed by atoms with van der Waals surface area (Å²) in [5, 5.41) is 22.0. The zero-order valence-electron chi connectivity index (χ0n) is 11.0. The van der Waals surface area contributed by atoms with E-state index in [0.717, 1.165) is 0 Å². The van der Waals surface area contributed by atoms with Crippen LogP contribution in [0.3, 0.4) is 0 Å². The molecule has 0 aromatic heterocycles. The lowest BCUT2D eigenvalue weighted by Gasteiger charge is -2.34. The minimum Gasteiger partial charge on any atom is -0.506 e. The van der Waals surface area contributed by atoms with Crippen LogP contribution in [0.5, 0.6) is 5.75 Å². The fraction of sp³-hybridized carbons (Fsp3) is 0.385. The average molecular weight is 333 g/mol. The first kappa shape index (κ1) is 15.9. The van der Waals surface area contributed by atoms with E-state index in [4.69, 9.17) is 28.3 Å². The van der Waals surface area contributed by atoms with Gasteiger partial charge in [0.2, 0.25) is 5.91 Å². The number of piperazine rings is 1. The summed E-state index contributed by atoms with van der Waals surface area (Å²) in [6, 6.07) is 2.18. The van der Waals surface area contributed by atoms with Crippen molar-refractivity contribution in [2.24, 2.45) is 0 Å². The fourth-order valence-electron chi connectivity index (χ4n) is 2.30. The van der Waals surface area contributed by atoms with Crippen LogP contribution in [0.1, 0.15) is 12.0 Å². The number of benzene rings is 1. The van der Waals surface area contributed by atoms with E-state index >= 15 is 0 Å². The van der Waals surface area contributed by atoms with E-state index < -0.39 is 12.0 Å². The molecular weight excluding hydrogens is 319 g/mol. The molecule has 0 saturated carbocycles. The van der Waals surface area contributed by atoms with E-state index in [0.29, 0.717) is 23.7 Å². The Labute approximate surface area is 131 Å². The van der Waals surface area contributed by atoms with Crippen molar-refractivity contribution in [2.45, 2.75) is 19.0 Å². The first-order valence-corrected chi connectivity index (χ1v) is 7.04. The molecule has 1 saturated heterocycles. The number of amides is 1. The third kappa shape index (κ3) is 3.78. The maximum atomic E-state index is 11.8. The molecule has 1 aliphatic rings. The molecule has 1 aromatic rings. The normalized spacial score (nSPS) is 19.3. The number of carbonyl (C=O) groups excluding carboxylic acids is 1. The van der Waals surface area contributed by atoms with Crippen LogP contribution in [0.15, 0.2) is 12.1 Å². The highest BCUT2D eigenvalue weighted by atomic mass is 35.5. The van der Waals surface area contributed by atoms with Gasteiger partial charge < -0.3 is 15.5 Å². The summed E-state index contributed by atoms with van der Waals surface area (Å²) in [7, 11) is 0. The van der Waals surface area contributed by atoms with Gasteiger partial charge >= 0.3 is 5.97 Å². The van der Waals surface area contributed by atoms with E-state index in [2.05, 4.69) is 5.32 Å². The lowest BCUT2D eigenvalue weighted by molar-refractivity contribution is -0.143. The zero-order valence-corrected chi connectivity index (χ0v) is 12.5. The molecule has 1 fully saturated rings. The molecule has 8 heteroatoms. The van der Waals surface area contributed by atoms with Crippen molar-refractivity contribution < 1.29 is 19.8 Å². The Kier molecular flexibility index (Phi) is 4.92. The number of nitrogens with one attached hydrogen (secondary N) is 1. The predicted molar refractivity (Wildman–Crippen MR) is 77.6 cm³/mol. The van der Waals surface area contributed by atoms with Gasteiger partial charge in [-0.2, -0.15) is 0 Å². The van der Waals surface area contributed by atoms with Gasteiger partial charge in [0.05, 0.1) is 11.4 Å². The second kappa shape index (κ2) is 6.51. The van der Waals surface area contributed by atoms with Crippen LogP contribution >= 0.6 is 23.2 Å². The largest absolute Gasteiger partial charge is 0.506 e. The third-order valence-electron chi connectivity index (χ3n) is 3.29. The second-order valence-electron chi connectivity index (χ2n) is 4.77. The van der Waals surface area contributed by atoms with Gasteiger partial charge in [-0.25, -0.2) is 0 Å². The van der Waals surface area contributed by atoms with Gasteiger partial charge in [-0.15, -0.1) is 0 Å². The highest BCUT2D eigenvalue weighted by molar-refractivity contribution is 6.35. The topological polar surface area (TPSA) is 89.9 Å². The number of halogens is 2. The standard InChI is InChI=1S/C13H14Cl2N2O4/c14-8-3-7(12(20)9(15)4-8)6-17-2-1-16-13(21)10(17)5-11(18)19/h3-4,10,20H,1-2,5-6H2,(H,16,21)(H,18,19). The minimum absolute atomic E-state index is 0.110. The van der Waals surface area contributed by atoms with E-state index in [1.807, 2.05) is 0 Å². The number of hydrogen-bond acceptors (Lipinski definition) is 4. The van der Waals surface area contributed by atoms with E-state index in [1.165, 1.54) is 6.07 Å². The lowest BCUT2D eigenvalue weighted by Crippen LogP contribution is -2.55. The molecule has 3 N–H and O–H groups in total. The Balaban J connectivity index is 2.23. The molecule has 1 amide bonds. The Morgan fingerprint density at radius 1 is 1.43 bits per heavy atom. The summed E-state index contributed by atoms with van der Waals surface area (Å²) >= 11 is 11.8. The number of aromatic hydroxyl groups is 1. The molecule has 1 heterocycles. The molecule has 114 valence electrons. The molecular formula is C13H14Cl2N2O4. The van der Waals surface area contributed by atoms with Crippen LogP contribution in [-0.4, -0.2) is 46.1 Å². The van der Waals surface area contributed by atoms with Crippen LogP contribution < -0.4 is 5.32 Å².